The van der Waals surface area contributed by atoms with Crippen LogP contribution in [0.5, 0.6) is 0 Å². The maximum atomic E-state index is 3.59. The van der Waals surface area contributed by atoms with Crippen molar-refractivity contribution >= 4 is 8.80 Å². The molecule has 0 aliphatic carbocycles. The van der Waals surface area contributed by atoms with Gasteiger partial charge >= 0.3 is 0 Å². The van der Waals surface area contributed by atoms with Crippen LogP contribution in [0.15, 0.2) is 12.8 Å². The first-order valence-electron chi connectivity index (χ1n) is 4.11. The van der Waals surface area contributed by atoms with E-state index < -0.39 is 0 Å². The summed E-state index contributed by atoms with van der Waals surface area (Å²) in [6, 6.07) is 1.48. The quantitative estimate of drug-likeness (QED) is 0.459. The molecule has 0 aliphatic rings. The second kappa shape index (κ2) is 6.87. The van der Waals surface area contributed by atoms with Crippen LogP contribution in [0.4, 0.5) is 0 Å². The second-order valence-corrected chi connectivity index (χ2v) is 6.41. The summed E-state index contributed by atoms with van der Waals surface area (Å²) in [5, 5.41) is 3.10. The molecular weight excluding hydrogens is 138 g/mol. The standard InChI is InChI=1S/C8H19NSi/c1-4-9-7-5-6-8-10(2)3/h4,9-10H,1,5-8H2,2-3H3. The van der Waals surface area contributed by atoms with Crippen molar-refractivity contribution in [3.05, 3.63) is 12.8 Å². The molecule has 0 saturated carbocycles. The van der Waals surface area contributed by atoms with Gasteiger partial charge in [-0.1, -0.05) is 32.1 Å². The smallest absolute Gasteiger partial charge is 0.0305 e. The molecule has 0 fully saturated rings. The summed E-state index contributed by atoms with van der Waals surface area (Å²) >= 11 is 0. The van der Waals surface area contributed by atoms with Gasteiger partial charge in [0.15, 0.2) is 0 Å². The predicted octanol–water partition coefficient (Wildman–Crippen LogP) is 1.99. The highest BCUT2D eigenvalue weighted by atomic mass is 28.3. The van der Waals surface area contributed by atoms with Gasteiger partial charge in [0.2, 0.25) is 0 Å². The lowest BCUT2D eigenvalue weighted by atomic mass is 10.3. The number of hydrogen-bond acceptors (Lipinski definition) is 1. The normalized spacial score (nSPS) is 9.90. The minimum atomic E-state index is -0.276. The Morgan fingerprint density at radius 1 is 1.40 bits per heavy atom. The van der Waals surface area contributed by atoms with Gasteiger partial charge in [-0.2, -0.15) is 0 Å². The Bertz CT molecular complexity index is 81.3. The van der Waals surface area contributed by atoms with E-state index in [1.165, 1.54) is 18.9 Å². The van der Waals surface area contributed by atoms with Crippen LogP contribution in [0, 0.1) is 0 Å². The van der Waals surface area contributed by atoms with Gasteiger partial charge in [-0.3, -0.25) is 0 Å². The molecule has 10 heavy (non-hydrogen) atoms. The Labute approximate surface area is 66.1 Å². The fourth-order valence-corrected chi connectivity index (χ4v) is 1.99. The Morgan fingerprint density at radius 3 is 2.60 bits per heavy atom. The largest absolute Gasteiger partial charge is 0.391 e. The molecule has 0 spiro atoms. The summed E-state index contributed by atoms with van der Waals surface area (Å²) < 4.78 is 0. The average Bonchev–Trinajstić information content (AvgIpc) is 1.87. The first-order valence-corrected chi connectivity index (χ1v) is 7.24. The molecule has 0 saturated heterocycles. The molecule has 1 nitrogen and oxygen atoms in total. The van der Waals surface area contributed by atoms with E-state index in [1.807, 2.05) is 0 Å². The Kier molecular flexibility index (Phi) is 6.70. The molecule has 0 unspecified atom stereocenters. The molecule has 0 rings (SSSR count). The van der Waals surface area contributed by atoms with E-state index in [9.17, 15) is 0 Å². The molecule has 0 atom stereocenters. The molecule has 0 aromatic rings. The Balaban J connectivity index is 2.83. The van der Waals surface area contributed by atoms with E-state index in [1.54, 1.807) is 6.20 Å². The van der Waals surface area contributed by atoms with Crippen LogP contribution in [-0.4, -0.2) is 15.3 Å². The summed E-state index contributed by atoms with van der Waals surface area (Å²) in [6.07, 6.45) is 4.47. The molecule has 0 radical (unpaired) electrons. The highest BCUT2D eigenvalue weighted by Gasteiger charge is 1.93. The first kappa shape index (κ1) is 9.76. The minimum absolute atomic E-state index is 0.276. The van der Waals surface area contributed by atoms with Crippen LogP contribution in [-0.2, 0) is 0 Å². The molecule has 0 heterocycles. The van der Waals surface area contributed by atoms with Gasteiger partial charge < -0.3 is 5.32 Å². The summed E-state index contributed by atoms with van der Waals surface area (Å²) in [6.45, 7) is 9.50. The van der Waals surface area contributed by atoms with E-state index in [0.29, 0.717) is 0 Å². The van der Waals surface area contributed by atoms with Gasteiger partial charge in [0.05, 0.1) is 0 Å². The Hall–Kier alpha value is -0.243. The molecule has 0 bridgehead atoms. The molecular formula is C8H19NSi. The third-order valence-electron chi connectivity index (χ3n) is 1.50. The van der Waals surface area contributed by atoms with Crippen molar-refractivity contribution < 1.29 is 0 Å². The average molecular weight is 157 g/mol. The third kappa shape index (κ3) is 7.76. The summed E-state index contributed by atoms with van der Waals surface area (Å²) in [7, 11) is -0.276. The van der Waals surface area contributed by atoms with E-state index in [2.05, 4.69) is 25.0 Å². The van der Waals surface area contributed by atoms with Crippen molar-refractivity contribution in [2.75, 3.05) is 6.54 Å². The van der Waals surface area contributed by atoms with E-state index in [0.717, 1.165) is 6.54 Å². The SMILES string of the molecule is C=CNCCCC[SiH](C)C. The second-order valence-electron chi connectivity index (χ2n) is 3.05. The zero-order valence-corrected chi connectivity index (χ0v) is 8.34. The molecule has 0 aromatic heterocycles. The van der Waals surface area contributed by atoms with Gasteiger partial charge in [0, 0.05) is 15.3 Å². The fourth-order valence-electron chi connectivity index (χ4n) is 0.882. The lowest BCUT2D eigenvalue weighted by molar-refractivity contribution is 0.732. The van der Waals surface area contributed by atoms with Crippen molar-refractivity contribution in [2.24, 2.45) is 0 Å². The molecule has 1 N–H and O–H groups in total. The van der Waals surface area contributed by atoms with Crippen molar-refractivity contribution in [1.82, 2.24) is 5.32 Å². The van der Waals surface area contributed by atoms with Gasteiger partial charge in [-0.15, -0.1) is 0 Å². The number of rotatable bonds is 6. The van der Waals surface area contributed by atoms with Crippen molar-refractivity contribution in [1.29, 1.82) is 0 Å². The van der Waals surface area contributed by atoms with Gasteiger partial charge in [-0.25, -0.2) is 0 Å². The molecule has 2 heteroatoms. The van der Waals surface area contributed by atoms with Crippen LogP contribution in [0.25, 0.3) is 0 Å². The van der Waals surface area contributed by atoms with Crippen LogP contribution in [0.3, 0.4) is 0 Å². The third-order valence-corrected chi connectivity index (χ3v) is 3.06. The van der Waals surface area contributed by atoms with Gasteiger partial charge in [0.1, 0.15) is 0 Å². The zero-order chi connectivity index (χ0) is 7.82. The maximum absolute atomic E-state index is 3.59. The van der Waals surface area contributed by atoms with Crippen molar-refractivity contribution in [3.8, 4) is 0 Å². The number of unbranched alkanes of at least 4 members (excludes halogenated alkanes) is 1. The highest BCUT2D eigenvalue weighted by Crippen LogP contribution is 1.99. The minimum Gasteiger partial charge on any atom is -0.391 e. The molecule has 0 aliphatic heterocycles. The summed E-state index contributed by atoms with van der Waals surface area (Å²) in [4.78, 5) is 0. The van der Waals surface area contributed by atoms with Gasteiger partial charge in [0.25, 0.3) is 0 Å². The molecule has 60 valence electrons. The van der Waals surface area contributed by atoms with Gasteiger partial charge in [-0.05, 0) is 12.6 Å². The summed E-state index contributed by atoms with van der Waals surface area (Å²) in [5.41, 5.74) is 0. The molecule has 0 amide bonds. The first-order chi connectivity index (χ1) is 4.77. The van der Waals surface area contributed by atoms with E-state index in [-0.39, 0.29) is 8.80 Å². The lowest BCUT2D eigenvalue weighted by Crippen LogP contribution is -2.07. The van der Waals surface area contributed by atoms with Crippen LogP contribution < -0.4 is 5.32 Å². The van der Waals surface area contributed by atoms with Crippen LogP contribution >= 0.6 is 0 Å². The van der Waals surface area contributed by atoms with Crippen molar-refractivity contribution in [2.45, 2.75) is 32.0 Å². The highest BCUT2D eigenvalue weighted by molar-refractivity contribution is 6.55. The zero-order valence-electron chi connectivity index (χ0n) is 7.19. The van der Waals surface area contributed by atoms with E-state index in [4.69, 9.17) is 0 Å². The topological polar surface area (TPSA) is 12.0 Å². The molecule has 0 aromatic carbocycles. The van der Waals surface area contributed by atoms with Crippen molar-refractivity contribution in [3.63, 3.8) is 0 Å². The van der Waals surface area contributed by atoms with Crippen LogP contribution in [0.2, 0.25) is 19.1 Å². The number of nitrogens with one attached hydrogen (secondary N) is 1. The Morgan fingerprint density at radius 2 is 2.10 bits per heavy atom. The van der Waals surface area contributed by atoms with E-state index >= 15 is 0 Å². The monoisotopic (exact) mass is 157 g/mol. The predicted molar refractivity (Wildman–Crippen MR) is 51.1 cm³/mol. The lowest BCUT2D eigenvalue weighted by Gasteiger charge is -2.02. The maximum Gasteiger partial charge on any atom is 0.0305 e. The number of hydrogen-bond donors (Lipinski definition) is 1. The fraction of sp³-hybridized carbons (Fsp3) is 0.750. The van der Waals surface area contributed by atoms with Crippen LogP contribution in [0.1, 0.15) is 12.8 Å². The summed E-state index contributed by atoms with van der Waals surface area (Å²) in [5.74, 6) is 0.